The van der Waals surface area contributed by atoms with Gasteiger partial charge in [0.1, 0.15) is 22.1 Å². The number of benzene rings is 1. The van der Waals surface area contributed by atoms with Crippen LogP contribution in [0, 0.1) is 0 Å². The minimum Gasteiger partial charge on any atom is -0.481 e. The van der Waals surface area contributed by atoms with E-state index in [1.165, 1.54) is 17.8 Å². The summed E-state index contributed by atoms with van der Waals surface area (Å²) in [4.78, 5) is 62.7. The molecule has 17 heteroatoms. The quantitative estimate of drug-likeness (QED) is 0.152. The molecule has 2 aliphatic heterocycles. The third-order valence-electron chi connectivity index (χ3n) is 6.45. The number of β-lactam (4-membered cyclic amide) rings is 1. The second-order valence-corrected chi connectivity index (χ2v) is 12.3. The number of thioether (sulfide) groups is 2. The molecule has 2 aromatic heterocycles. The molecule has 1 saturated heterocycles. The number of aromatic amines is 1. The Balaban J connectivity index is 1.39. The number of carbonyl (C=O) groups excluding carboxylic acids is 2. The van der Waals surface area contributed by atoms with Crippen LogP contribution in [0.5, 0.6) is 0 Å². The highest BCUT2D eigenvalue weighted by Crippen LogP contribution is 2.44. The summed E-state index contributed by atoms with van der Waals surface area (Å²) in [6.45, 7) is 0. The number of aromatic nitrogens is 4. The maximum Gasteiger partial charge on any atom is 0.364 e. The van der Waals surface area contributed by atoms with Crippen molar-refractivity contribution in [2.45, 2.75) is 40.6 Å². The van der Waals surface area contributed by atoms with E-state index in [2.05, 4.69) is 36.5 Å². The van der Waals surface area contributed by atoms with Crippen molar-refractivity contribution in [1.82, 2.24) is 30.0 Å². The van der Waals surface area contributed by atoms with Crippen molar-refractivity contribution in [3.05, 3.63) is 68.2 Å². The molecule has 1 aromatic carbocycles. The number of hydrogen-bond donors (Lipinski definition) is 5. The van der Waals surface area contributed by atoms with Gasteiger partial charge >= 0.3 is 17.6 Å². The minimum atomic E-state index is -1.53. The molecule has 0 bridgehead atoms. The molecule has 5 rings (SSSR count). The van der Waals surface area contributed by atoms with E-state index in [1.807, 2.05) is 0 Å². The molecule has 2 aliphatic rings. The number of carboxylic acids is 2. The first-order valence-corrected chi connectivity index (χ1v) is 14.7. The maximum absolute atomic E-state index is 13.1. The minimum absolute atomic E-state index is 0.0267. The average molecular weight is 666 g/mol. The van der Waals surface area contributed by atoms with Gasteiger partial charge in [0.25, 0.3) is 11.8 Å². The lowest BCUT2D eigenvalue weighted by Gasteiger charge is -2.50. The van der Waals surface area contributed by atoms with Crippen LogP contribution in [-0.2, 0) is 19.2 Å². The van der Waals surface area contributed by atoms with E-state index >= 15 is 0 Å². The summed E-state index contributed by atoms with van der Waals surface area (Å²) in [5, 5.41) is 41.6. The van der Waals surface area contributed by atoms with E-state index in [0.29, 0.717) is 16.2 Å². The number of hydrogen-bond acceptors (Lipinski definition) is 10. The van der Waals surface area contributed by atoms with Crippen molar-refractivity contribution in [3.63, 3.8) is 0 Å². The van der Waals surface area contributed by atoms with Crippen LogP contribution in [0.15, 0.2) is 62.0 Å². The van der Waals surface area contributed by atoms with Crippen LogP contribution in [0.4, 0.5) is 0 Å². The Morgan fingerprint density at radius 3 is 2.59 bits per heavy atom. The zero-order chi connectivity index (χ0) is 29.4. The van der Waals surface area contributed by atoms with Gasteiger partial charge in [-0.25, -0.2) is 14.7 Å². The van der Waals surface area contributed by atoms with Crippen LogP contribution >= 0.6 is 39.5 Å². The molecule has 4 heterocycles. The van der Waals surface area contributed by atoms with E-state index < -0.39 is 52.2 Å². The van der Waals surface area contributed by atoms with Gasteiger partial charge in [0.15, 0.2) is 11.8 Å². The number of H-pyrrole nitrogens is 1. The van der Waals surface area contributed by atoms with E-state index in [0.717, 1.165) is 25.6 Å². The standard InChI is InChI=1S/C24H21BrN6O8S2/c25-11-3-1-10(2-4-11)19(34)20(35)26-17-21(36)30-18(23(37)38)12(9-40-22(17)30)13(5-8-16(32)33)41-15-7-6-14-27-28-24(39)31(14)29-15/h1-4,6-7,13,17,19,22,34H,5,8-9H2,(H,26,35)(H,28,39)(H,32,33)(H,37,38)/t13?,17?,19-,22-/m1/s1. The van der Waals surface area contributed by atoms with Crippen LogP contribution in [-0.4, -0.2) is 86.2 Å². The Bertz CT molecular complexity index is 1640. The van der Waals surface area contributed by atoms with Crippen LogP contribution in [0.3, 0.4) is 0 Å². The van der Waals surface area contributed by atoms with Gasteiger partial charge in [0.05, 0.1) is 0 Å². The van der Waals surface area contributed by atoms with Crippen molar-refractivity contribution in [2.75, 3.05) is 5.75 Å². The van der Waals surface area contributed by atoms with Crippen LogP contribution < -0.4 is 11.0 Å². The van der Waals surface area contributed by atoms with Crippen LogP contribution in [0.25, 0.3) is 5.65 Å². The molecule has 214 valence electrons. The zero-order valence-electron chi connectivity index (χ0n) is 20.8. The molecular formula is C24H21BrN6O8S2. The molecule has 2 amide bonds. The SMILES string of the molecule is O=C(O)CCC(Sc1ccc2n[nH]c(=O)n2n1)C1=C(C(=O)O)N2C(=O)C(NC(=O)[C@H](O)c3ccc(Br)cc3)[C@H]2SC1. The highest BCUT2D eigenvalue weighted by Gasteiger charge is 2.55. The molecule has 0 radical (unpaired) electrons. The van der Waals surface area contributed by atoms with Gasteiger partial charge in [-0.3, -0.25) is 19.3 Å². The van der Waals surface area contributed by atoms with E-state index in [-0.39, 0.29) is 29.9 Å². The van der Waals surface area contributed by atoms with Crippen molar-refractivity contribution in [3.8, 4) is 0 Å². The van der Waals surface area contributed by atoms with Gasteiger partial charge in [-0.15, -0.1) is 11.8 Å². The normalized spacial score (nSPS) is 19.9. The lowest BCUT2D eigenvalue weighted by atomic mass is 9.99. The van der Waals surface area contributed by atoms with Gasteiger partial charge < -0.3 is 20.6 Å². The zero-order valence-corrected chi connectivity index (χ0v) is 24.0. The highest BCUT2D eigenvalue weighted by atomic mass is 79.9. The average Bonchev–Trinajstić information content (AvgIpc) is 3.32. The molecule has 3 aromatic rings. The van der Waals surface area contributed by atoms with Crippen LogP contribution in [0.2, 0.25) is 0 Å². The summed E-state index contributed by atoms with van der Waals surface area (Å²) in [6.07, 6.45) is -1.79. The summed E-state index contributed by atoms with van der Waals surface area (Å²) in [6, 6.07) is 8.48. The van der Waals surface area contributed by atoms with Crippen molar-refractivity contribution < 1.29 is 34.5 Å². The van der Waals surface area contributed by atoms with Gasteiger partial charge in [-0.05, 0) is 41.8 Å². The number of halogens is 1. The lowest BCUT2D eigenvalue weighted by molar-refractivity contribution is -0.151. The smallest absolute Gasteiger partial charge is 0.364 e. The molecule has 4 atom stereocenters. The molecule has 1 fully saturated rings. The van der Waals surface area contributed by atoms with Gasteiger partial charge in [0, 0.05) is 21.9 Å². The number of nitrogens with one attached hydrogen (secondary N) is 2. The molecule has 0 aliphatic carbocycles. The Morgan fingerprint density at radius 1 is 1.17 bits per heavy atom. The lowest BCUT2D eigenvalue weighted by Crippen LogP contribution is -2.71. The van der Waals surface area contributed by atoms with Gasteiger partial charge in [-0.1, -0.05) is 39.8 Å². The fourth-order valence-electron chi connectivity index (χ4n) is 4.47. The Kier molecular flexibility index (Phi) is 8.21. The Hall–Kier alpha value is -3.67. The van der Waals surface area contributed by atoms with Gasteiger partial charge in [0.2, 0.25) is 0 Å². The Labute approximate surface area is 247 Å². The fourth-order valence-corrected chi connectivity index (χ4v) is 7.40. The summed E-state index contributed by atoms with van der Waals surface area (Å²) in [5.74, 6) is -3.81. The predicted octanol–water partition coefficient (Wildman–Crippen LogP) is 0.978. The first kappa shape index (κ1) is 28.8. The predicted molar refractivity (Wildman–Crippen MR) is 149 cm³/mol. The van der Waals surface area contributed by atoms with Crippen molar-refractivity contribution in [1.29, 1.82) is 0 Å². The third kappa shape index (κ3) is 5.74. The van der Waals surface area contributed by atoms with Crippen molar-refractivity contribution in [2.24, 2.45) is 0 Å². The summed E-state index contributed by atoms with van der Waals surface area (Å²) in [7, 11) is 0. The first-order valence-electron chi connectivity index (χ1n) is 12.0. The Morgan fingerprint density at radius 2 is 1.90 bits per heavy atom. The summed E-state index contributed by atoms with van der Waals surface area (Å²) < 4.78 is 1.79. The number of aliphatic carboxylic acids is 2. The number of carbonyl (C=O) groups is 4. The van der Waals surface area contributed by atoms with E-state index in [4.69, 9.17) is 0 Å². The summed E-state index contributed by atoms with van der Waals surface area (Å²) >= 11 is 5.57. The number of nitrogens with zero attached hydrogens (tertiary/aromatic N) is 4. The van der Waals surface area contributed by atoms with Gasteiger partial charge in [-0.2, -0.15) is 14.7 Å². The molecule has 2 unspecified atom stereocenters. The first-order chi connectivity index (χ1) is 19.5. The van der Waals surface area contributed by atoms with E-state index in [1.54, 1.807) is 30.3 Å². The molecule has 41 heavy (non-hydrogen) atoms. The summed E-state index contributed by atoms with van der Waals surface area (Å²) in [5.41, 5.74) is 0.0476. The highest BCUT2D eigenvalue weighted by molar-refractivity contribution is 9.10. The monoisotopic (exact) mass is 664 g/mol. The number of carboxylic acid groups (broad SMARTS) is 2. The number of aliphatic hydroxyl groups is 1. The van der Waals surface area contributed by atoms with Crippen molar-refractivity contribution >= 4 is 68.9 Å². The largest absolute Gasteiger partial charge is 0.481 e. The van der Waals surface area contributed by atoms with E-state index in [9.17, 15) is 39.3 Å². The topological polar surface area (TPSA) is 207 Å². The fraction of sp³-hybridized carbons (Fsp3) is 0.292. The number of aliphatic hydroxyl groups excluding tert-OH is 1. The number of amides is 2. The third-order valence-corrected chi connectivity index (χ3v) is 9.55. The molecule has 5 N–H and O–H groups in total. The number of fused-ring (bicyclic) bond motifs is 2. The second kappa shape index (κ2) is 11.7. The number of rotatable bonds is 10. The molecule has 0 saturated carbocycles. The molecule has 14 nitrogen and oxygen atoms in total. The van der Waals surface area contributed by atoms with Crippen LogP contribution in [0.1, 0.15) is 24.5 Å². The second-order valence-electron chi connectivity index (χ2n) is 9.04. The molecule has 0 spiro atoms. The maximum atomic E-state index is 13.1. The molecular weight excluding hydrogens is 644 g/mol.